The molecule has 0 bridgehead atoms. The molecule has 1 aliphatic carbocycles. The summed E-state index contributed by atoms with van der Waals surface area (Å²) >= 11 is 7.54. The molecular formula is C19H23ClN4OS. The number of rotatable bonds is 4. The number of amides is 1. The molecule has 2 aromatic rings. The number of hydrogen-bond acceptors (Lipinski definition) is 4. The van der Waals surface area contributed by atoms with E-state index in [9.17, 15) is 4.79 Å². The van der Waals surface area contributed by atoms with E-state index in [1.807, 2.05) is 28.8 Å². The Bertz CT molecular complexity index is 778. The molecule has 0 N–H and O–H groups in total. The van der Waals surface area contributed by atoms with Crippen LogP contribution in [0.4, 0.5) is 0 Å². The maximum absolute atomic E-state index is 12.9. The Balaban J connectivity index is 1.43. The fourth-order valence-electron chi connectivity index (χ4n) is 4.27. The molecule has 0 radical (unpaired) electrons. The molecule has 0 unspecified atom stereocenters. The van der Waals surface area contributed by atoms with Crippen molar-refractivity contribution in [2.75, 3.05) is 12.3 Å². The summed E-state index contributed by atoms with van der Waals surface area (Å²) in [5.74, 6) is 1.34. The highest BCUT2D eigenvalue weighted by Gasteiger charge is 2.35. The van der Waals surface area contributed by atoms with Crippen molar-refractivity contribution < 1.29 is 4.79 Å². The summed E-state index contributed by atoms with van der Waals surface area (Å²) in [6.07, 6.45) is 9.10. The van der Waals surface area contributed by atoms with Crippen LogP contribution in [0.3, 0.4) is 0 Å². The third-order valence-corrected chi connectivity index (χ3v) is 6.65. The van der Waals surface area contributed by atoms with E-state index in [0.29, 0.717) is 22.7 Å². The predicted molar refractivity (Wildman–Crippen MR) is 104 cm³/mol. The summed E-state index contributed by atoms with van der Waals surface area (Å²) in [7, 11) is 0. The zero-order chi connectivity index (χ0) is 17.9. The predicted octanol–water partition coefficient (Wildman–Crippen LogP) is 4.19. The van der Waals surface area contributed by atoms with Gasteiger partial charge in [-0.2, -0.15) is 0 Å². The first-order chi connectivity index (χ1) is 12.7. The molecule has 2 fully saturated rings. The van der Waals surface area contributed by atoms with Gasteiger partial charge in [-0.05, 0) is 49.8 Å². The summed E-state index contributed by atoms with van der Waals surface area (Å²) in [5.41, 5.74) is 0.905. The molecule has 1 saturated carbocycles. The summed E-state index contributed by atoms with van der Waals surface area (Å²) in [4.78, 5) is 15.0. The lowest BCUT2D eigenvalue weighted by molar-refractivity contribution is -0.134. The average molecular weight is 391 g/mol. The van der Waals surface area contributed by atoms with E-state index in [-0.39, 0.29) is 5.91 Å². The number of piperidine rings is 1. The van der Waals surface area contributed by atoms with Crippen molar-refractivity contribution in [3.63, 3.8) is 0 Å². The Morgan fingerprint density at radius 3 is 2.96 bits per heavy atom. The maximum atomic E-state index is 12.9. The largest absolute Gasteiger partial charge is 0.339 e. The Hall–Kier alpha value is -1.53. The van der Waals surface area contributed by atoms with E-state index in [1.165, 1.54) is 43.9 Å². The molecule has 1 amide bonds. The molecule has 0 spiro atoms. The van der Waals surface area contributed by atoms with Crippen molar-refractivity contribution in [1.82, 2.24) is 19.7 Å². The summed E-state index contributed by atoms with van der Waals surface area (Å²) in [6, 6.07) is 8.01. The number of aromatic nitrogens is 3. The number of halogens is 1. The molecule has 4 rings (SSSR count). The van der Waals surface area contributed by atoms with Crippen molar-refractivity contribution in [2.45, 2.75) is 49.7 Å². The minimum atomic E-state index is 0.229. The van der Waals surface area contributed by atoms with E-state index in [0.717, 1.165) is 23.8 Å². The van der Waals surface area contributed by atoms with Gasteiger partial charge in [0.25, 0.3) is 0 Å². The standard InChI is InChI=1S/C19H23ClN4OS/c20-15-7-3-8-16(11-15)24-13-21-22-19(24)26-12-18(25)23-10-4-6-14-5-1-2-9-17(14)23/h3,7-8,11,13-14,17H,1-2,4-6,9-10,12H2/t14-,17-/m1/s1. The van der Waals surface area contributed by atoms with Gasteiger partial charge in [-0.3, -0.25) is 9.36 Å². The first-order valence-corrected chi connectivity index (χ1v) is 10.7. The van der Waals surface area contributed by atoms with E-state index >= 15 is 0 Å². The van der Waals surface area contributed by atoms with Gasteiger partial charge in [-0.1, -0.05) is 42.3 Å². The van der Waals surface area contributed by atoms with E-state index in [2.05, 4.69) is 15.1 Å². The molecule has 5 nitrogen and oxygen atoms in total. The smallest absolute Gasteiger partial charge is 0.233 e. The average Bonchev–Trinajstić information content (AvgIpc) is 3.14. The number of benzene rings is 1. The molecule has 26 heavy (non-hydrogen) atoms. The number of carbonyl (C=O) groups is 1. The Morgan fingerprint density at radius 1 is 1.23 bits per heavy atom. The van der Waals surface area contributed by atoms with Crippen LogP contribution in [0.5, 0.6) is 0 Å². The SMILES string of the molecule is O=C(CSc1nncn1-c1cccc(Cl)c1)N1CCC[C@H]2CCCC[C@H]21. The van der Waals surface area contributed by atoms with Crippen molar-refractivity contribution in [2.24, 2.45) is 5.92 Å². The fraction of sp³-hybridized carbons (Fsp3) is 0.526. The monoisotopic (exact) mass is 390 g/mol. The number of fused-ring (bicyclic) bond motifs is 1. The van der Waals surface area contributed by atoms with Gasteiger partial charge in [0.2, 0.25) is 5.91 Å². The molecule has 2 aliphatic rings. The molecule has 1 aromatic heterocycles. The van der Waals surface area contributed by atoms with Crippen molar-refractivity contribution in [1.29, 1.82) is 0 Å². The van der Waals surface area contributed by atoms with E-state index < -0.39 is 0 Å². The molecule has 1 aromatic carbocycles. The number of thioether (sulfide) groups is 1. The first-order valence-electron chi connectivity index (χ1n) is 9.30. The van der Waals surface area contributed by atoms with Crippen LogP contribution >= 0.6 is 23.4 Å². The Kier molecular flexibility index (Phi) is 5.50. The Labute approximate surface area is 163 Å². The normalized spacial score (nSPS) is 22.9. The van der Waals surface area contributed by atoms with Crippen molar-refractivity contribution >= 4 is 29.3 Å². The second kappa shape index (κ2) is 8.01. The number of hydrogen-bond donors (Lipinski definition) is 0. The molecule has 1 saturated heterocycles. The van der Waals surface area contributed by atoms with Gasteiger partial charge >= 0.3 is 0 Å². The van der Waals surface area contributed by atoms with Gasteiger partial charge < -0.3 is 4.90 Å². The van der Waals surface area contributed by atoms with Crippen LogP contribution < -0.4 is 0 Å². The molecular weight excluding hydrogens is 368 g/mol. The topological polar surface area (TPSA) is 51.0 Å². The minimum Gasteiger partial charge on any atom is -0.339 e. The van der Waals surface area contributed by atoms with Crippen LogP contribution in [-0.2, 0) is 4.79 Å². The van der Waals surface area contributed by atoms with Gasteiger partial charge in [0.15, 0.2) is 5.16 Å². The van der Waals surface area contributed by atoms with Gasteiger partial charge in [0.05, 0.1) is 11.4 Å². The fourth-order valence-corrected chi connectivity index (χ4v) is 5.27. The van der Waals surface area contributed by atoms with Crippen LogP contribution in [-0.4, -0.2) is 43.9 Å². The van der Waals surface area contributed by atoms with Gasteiger partial charge in [0, 0.05) is 17.6 Å². The highest BCUT2D eigenvalue weighted by molar-refractivity contribution is 7.99. The van der Waals surface area contributed by atoms with Crippen LogP contribution in [0.25, 0.3) is 5.69 Å². The van der Waals surface area contributed by atoms with Crippen LogP contribution in [0.1, 0.15) is 38.5 Å². The van der Waals surface area contributed by atoms with Crippen LogP contribution in [0.2, 0.25) is 5.02 Å². The summed E-state index contributed by atoms with van der Waals surface area (Å²) in [6.45, 7) is 0.904. The third kappa shape index (κ3) is 3.76. The minimum absolute atomic E-state index is 0.229. The van der Waals surface area contributed by atoms with Gasteiger partial charge in [-0.15, -0.1) is 10.2 Å². The highest BCUT2D eigenvalue weighted by atomic mass is 35.5. The first kappa shape index (κ1) is 17.9. The third-order valence-electron chi connectivity index (χ3n) is 5.49. The lowest BCUT2D eigenvalue weighted by atomic mass is 9.78. The Morgan fingerprint density at radius 2 is 2.08 bits per heavy atom. The number of likely N-dealkylation sites (tertiary alicyclic amines) is 1. The maximum Gasteiger partial charge on any atom is 0.233 e. The number of nitrogens with zero attached hydrogens (tertiary/aromatic N) is 4. The van der Waals surface area contributed by atoms with Crippen LogP contribution in [0.15, 0.2) is 35.7 Å². The molecule has 2 heterocycles. The molecule has 7 heteroatoms. The second-order valence-corrected chi connectivity index (χ2v) is 8.47. The molecule has 1 aliphatic heterocycles. The molecule has 2 atom stereocenters. The van der Waals surface area contributed by atoms with Crippen molar-refractivity contribution in [3.8, 4) is 5.69 Å². The second-order valence-electron chi connectivity index (χ2n) is 7.09. The van der Waals surface area contributed by atoms with E-state index in [1.54, 1.807) is 6.33 Å². The summed E-state index contributed by atoms with van der Waals surface area (Å²) in [5, 5.41) is 9.58. The molecule has 138 valence electrons. The van der Waals surface area contributed by atoms with E-state index in [4.69, 9.17) is 11.6 Å². The van der Waals surface area contributed by atoms with Gasteiger partial charge in [-0.25, -0.2) is 0 Å². The zero-order valence-electron chi connectivity index (χ0n) is 14.7. The highest BCUT2D eigenvalue weighted by Crippen LogP contribution is 2.35. The van der Waals surface area contributed by atoms with Crippen LogP contribution in [0, 0.1) is 5.92 Å². The lowest BCUT2D eigenvalue weighted by Gasteiger charge is -2.44. The number of carbonyl (C=O) groups excluding carboxylic acids is 1. The van der Waals surface area contributed by atoms with Crippen molar-refractivity contribution in [3.05, 3.63) is 35.6 Å². The lowest BCUT2D eigenvalue weighted by Crippen LogP contribution is -2.50. The zero-order valence-corrected chi connectivity index (χ0v) is 16.3. The summed E-state index contributed by atoms with van der Waals surface area (Å²) < 4.78 is 1.88. The van der Waals surface area contributed by atoms with Gasteiger partial charge in [0.1, 0.15) is 6.33 Å². The quantitative estimate of drug-likeness (QED) is 0.734.